The van der Waals surface area contributed by atoms with Gasteiger partial charge < -0.3 is 9.84 Å². The first-order valence-electron chi connectivity index (χ1n) is 2.74. The molecule has 0 radical (unpaired) electrons. The van der Waals surface area contributed by atoms with Crippen LogP contribution in [0.1, 0.15) is 6.92 Å². The molecule has 56 valence electrons. The van der Waals surface area contributed by atoms with E-state index < -0.39 is 11.8 Å². The van der Waals surface area contributed by atoms with Crippen LogP contribution in [0.15, 0.2) is 12.3 Å². The molecule has 4 heteroatoms. The van der Waals surface area contributed by atoms with Gasteiger partial charge in [-0.2, -0.15) is 0 Å². The van der Waals surface area contributed by atoms with Gasteiger partial charge in [-0.3, -0.25) is 4.79 Å². The van der Waals surface area contributed by atoms with Crippen LogP contribution >= 0.6 is 0 Å². The molecule has 0 bridgehead atoms. The van der Waals surface area contributed by atoms with E-state index in [1.807, 2.05) is 0 Å². The SMILES string of the molecule is CCOC(=O)C(=O)C=CO. The molecule has 0 saturated heterocycles. The second-order valence-electron chi connectivity index (χ2n) is 1.40. The van der Waals surface area contributed by atoms with Gasteiger partial charge in [0.05, 0.1) is 12.9 Å². The molecule has 0 aliphatic heterocycles. The monoisotopic (exact) mass is 144 g/mol. The maximum absolute atomic E-state index is 10.4. The lowest BCUT2D eigenvalue weighted by atomic mass is 10.4. The summed E-state index contributed by atoms with van der Waals surface area (Å²) < 4.78 is 4.31. The number of hydrogen-bond donors (Lipinski definition) is 1. The summed E-state index contributed by atoms with van der Waals surface area (Å²) >= 11 is 0. The van der Waals surface area contributed by atoms with Gasteiger partial charge in [-0.05, 0) is 6.92 Å². The van der Waals surface area contributed by atoms with Gasteiger partial charge >= 0.3 is 5.97 Å². The molecule has 10 heavy (non-hydrogen) atoms. The Bertz CT molecular complexity index is 159. The lowest BCUT2D eigenvalue weighted by Crippen LogP contribution is -2.14. The number of esters is 1. The number of ketones is 1. The number of aliphatic hydroxyl groups excluding tert-OH is 1. The predicted octanol–water partition coefficient (Wildman–Crippen LogP) is 0.190. The summed E-state index contributed by atoms with van der Waals surface area (Å²) in [7, 11) is 0. The molecule has 0 unspecified atom stereocenters. The Kier molecular flexibility index (Phi) is 3.95. The van der Waals surface area contributed by atoms with Gasteiger partial charge in [0.15, 0.2) is 0 Å². The van der Waals surface area contributed by atoms with E-state index in [0.29, 0.717) is 6.26 Å². The van der Waals surface area contributed by atoms with Gasteiger partial charge in [0, 0.05) is 6.08 Å². The van der Waals surface area contributed by atoms with E-state index in [9.17, 15) is 9.59 Å². The highest BCUT2D eigenvalue weighted by molar-refractivity contribution is 6.38. The molecule has 1 N–H and O–H groups in total. The highest BCUT2D eigenvalue weighted by atomic mass is 16.5. The standard InChI is InChI=1S/C6H8O4/c1-2-10-6(9)5(8)3-4-7/h3-4,7H,2H2,1H3. The fourth-order valence-electron chi connectivity index (χ4n) is 0.338. The largest absolute Gasteiger partial charge is 0.515 e. The van der Waals surface area contributed by atoms with Crippen molar-refractivity contribution in [2.24, 2.45) is 0 Å². The van der Waals surface area contributed by atoms with Gasteiger partial charge in [0.25, 0.3) is 5.78 Å². The van der Waals surface area contributed by atoms with Crippen LogP contribution in [0.5, 0.6) is 0 Å². The summed E-state index contributed by atoms with van der Waals surface area (Å²) in [5.74, 6) is -1.81. The molecule has 0 rings (SSSR count). The van der Waals surface area contributed by atoms with E-state index in [1.165, 1.54) is 0 Å². The van der Waals surface area contributed by atoms with E-state index in [-0.39, 0.29) is 6.61 Å². The Morgan fingerprint density at radius 1 is 1.60 bits per heavy atom. The molecule has 0 amide bonds. The molecule has 0 spiro atoms. The fraction of sp³-hybridized carbons (Fsp3) is 0.333. The number of carbonyl (C=O) groups excluding carboxylic acids is 2. The minimum atomic E-state index is -0.951. The van der Waals surface area contributed by atoms with Crippen LogP contribution in [0.25, 0.3) is 0 Å². The average molecular weight is 144 g/mol. The van der Waals surface area contributed by atoms with E-state index in [1.54, 1.807) is 6.92 Å². The summed E-state index contributed by atoms with van der Waals surface area (Å²) in [4.78, 5) is 20.8. The molecular formula is C6H8O4. The van der Waals surface area contributed by atoms with Crippen molar-refractivity contribution in [3.05, 3.63) is 12.3 Å². The number of ether oxygens (including phenoxy) is 1. The Morgan fingerprint density at radius 3 is 2.60 bits per heavy atom. The quantitative estimate of drug-likeness (QED) is 0.266. The third kappa shape index (κ3) is 2.86. The van der Waals surface area contributed by atoms with Gasteiger partial charge in [0.1, 0.15) is 0 Å². The molecule has 0 fully saturated rings. The van der Waals surface area contributed by atoms with Crippen molar-refractivity contribution in [3.8, 4) is 0 Å². The topological polar surface area (TPSA) is 63.6 Å². The molecule has 0 atom stereocenters. The minimum absolute atomic E-state index is 0.157. The second-order valence-corrected chi connectivity index (χ2v) is 1.40. The lowest BCUT2D eigenvalue weighted by Gasteiger charge is -1.94. The van der Waals surface area contributed by atoms with Crippen LogP contribution in [-0.4, -0.2) is 23.5 Å². The second kappa shape index (κ2) is 4.55. The van der Waals surface area contributed by atoms with Crippen molar-refractivity contribution in [2.75, 3.05) is 6.61 Å². The highest BCUT2D eigenvalue weighted by Crippen LogP contribution is 1.82. The Morgan fingerprint density at radius 2 is 2.20 bits per heavy atom. The molecule has 0 saturated carbocycles. The number of aliphatic hydroxyl groups is 1. The smallest absolute Gasteiger partial charge is 0.379 e. The molecule has 4 nitrogen and oxygen atoms in total. The summed E-state index contributed by atoms with van der Waals surface area (Å²) in [6.45, 7) is 1.75. The van der Waals surface area contributed by atoms with Crippen molar-refractivity contribution in [3.63, 3.8) is 0 Å². The van der Waals surface area contributed by atoms with Gasteiger partial charge in [-0.25, -0.2) is 4.79 Å². The van der Waals surface area contributed by atoms with Gasteiger partial charge in [-0.1, -0.05) is 0 Å². The number of hydrogen-bond acceptors (Lipinski definition) is 4. The van der Waals surface area contributed by atoms with E-state index in [2.05, 4.69) is 4.74 Å². The normalized spacial score (nSPS) is 9.70. The Balaban J connectivity index is 3.83. The van der Waals surface area contributed by atoms with Crippen LogP contribution < -0.4 is 0 Å². The van der Waals surface area contributed by atoms with Gasteiger partial charge in [0.2, 0.25) is 0 Å². The predicted molar refractivity (Wildman–Crippen MR) is 33.4 cm³/mol. The number of carbonyl (C=O) groups is 2. The van der Waals surface area contributed by atoms with Crippen molar-refractivity contribution >= 4 is 11.8 Å². The molecule has 0 aromatic heterocycles. The van der Waals surface area contributed by atoms with Crippen LogP contribution in [0.4, 0.5) is 0 Å². The lowest BCUT2D eigenvalue weighted by molar-refractivity contribution is -0.151. The third-order valence-corrected chi connectivity index (χ3v) is 0.703. The summed E-state index contributed by atoms with van der Waals surface area (Å²) in [5.41, 5.74) is 0. The summed E-state index contributed by atoms with van der Waals surface area (Å²) in [6, 6.07) is 0. The third-order valence-electron chi connectivity index (χ3n) is 0.703. The van der Waals surface area contributed by atoms with Crippen LogP contribution in [0.2, 0.25) is 0 Å². The minimum Gasteiger partial charge on any atom is -0.515 e. The molecule has 0 aliphatic rings. The Labute approximate surface area is 58.1 Å². The zero-order valence-corrected chi connectivity index (χ0v) is 5.53. The molecule has 0 aliphatic carbocycles. The van der Waals surface area contributed by atoms with Crippen molar-refractivity contribution < 1.29 is 19.4 Å². The van der Waals surface area contributed by atoms with E-state index >= 15 is 0 Å². The zero-order chi connectivity index (χ0) is 7.98. The zero-order valence-electron chi connectivity index (χ0n) is 5.53. The van der Waals surface area contributed by atoms with Gasteiger partial charge in [-0.15, -0.1) is 0 Å². The van der Waals surface area contributed by atoms with E-state index in [4.69, 9.17) is 5.11 Å². The average Bonchev–Trinajstić information content (AvgIpc) is 1.89. The highest BCUT2D eigenvalue weighted by Gasteiger charge is 2.09. The molecule has 0 heterocycles. The first-order valence-corrected chi connectivity index (χ1v) is 2.74. The first-order chi connectivity index (χ1) is 4.72. The van der Waals surface area contributed by atoms with Crippen LogP contribution in [0, 0.1) is 0 Å². The molecule has 0 aromatic carbocycles. The fourth-order valence-corrected chi connectivity index (χ4v) is 0.338. The molecular weight excluding hydrogens is 136 g/mol. The van der Waals surface area contributed by atoms with Crippen molar-refractivity contribution in [1.82, 2.24) is 0 Å². The maximum Gasteiger partial charge on any atom is 0.379 e. The maximum atomic E-state index is 10.4. The van der Waals surface area contributed by atoms with E-state index in [0.717, 1.165) is 6.08 Å². The molecule has 0 aromatic rings. The Hall–Kier alpha value is -1.32. The van der Waals surface area contributed by atoms with Crippen molar-refractivity contribution in [2.45, 2.75) is 6.92 Å². The summed E-state index contributed by atoms with van der Waals surface area (Å²) in [5, 5.41) is 8.04. The van der Waals surface area contributed by atoms with Crippen LogP contribution in [-0.2, 0) is 14.3 Å². The number of rotatable bonds is 3. The summed E-state index contributed by atoms with van der Waals surface area (Å²) in [6.07, 6.45) is 1.23. The van der Waals surface area contributed by atoms with Crippen LogP contribution in [0.3, 0.4) is 0 Å². The first kappa shape index (κ1) is 8.68. The van der Waals surface area contributed by atoms with Crippen molar-refractivity contribution in [1.29, 1.82) is 0 Å².